The van der Waals surface area contributed by atoms with E-state index < -0.39 is 0 Å². The molecule has 0 unspecified atom stereocenters. The van der Waals surface area contributed by atoms with E-state index in [0.29, 0.717) is 32.6 Å². The van der Waals surface area contributed by atoms with Crippen LogP contribution in [0.2, 0.25) is 0 Å². The Balaban J connectivity index is 1.51. The third kappa shape index (κ3) is 5.69. The van der Waals surface area contributed by atoms with Gasteiger partial charge < -0.3 is 9.80 Å². The molecule has 1 amide bonds. The Bertz CT molecular complexity index is 1190. The fourth-order valence-electron chi connectivity index (χ4n) is 4.64. The summed E-state index contributed by atoms with van der Waals surface area (Å²) in [5.41, 5.74) is 4.94. The van der Waals surface area contributed by atoms with E-state index >= 15 is 0 Å². The highest BCUT2D eigenvalue weighted by atomic mass is 19.1. The number of benzene rings is 2. The topological polar surface area (TPSA) is 49.3 Å². The second kappa shape index (κ2) is 10.1. The molecule has 0 saturated carbocycles. The van der Waals surface area contributed by atoms with Crippen molar-refractivity contribution in [3.63, 3.8) is 0 Å². The minimum absolute atomic E-state index is 0.0590. The number of anilines is 1. The van der Waals surface area contributed by atoms with Gasteiger partial charge in [0.2, 0.25) is 0 Å². The van der Waals surface area contributed by atoms with Crippen molar-refractivity contribution >= 4 is 11.7 Å². The summed E-state index contributed by atoms with van der Waals surface area (Å²) in [5.74, 6) is 1.47. The van der Waals surface area contributed by atoms with Crippen LogP contribution >= 0.6 is 0 Å². The fraction of sp³-hybridized carbons (Fsp3) is 0.414. The first-order valence-electron chi connectivity index (χ1n) is 12.4. The highest BCUT2D eigenvalue weighted by Crippen LogP contribution is 2.27. The van der Waals surface area contributed by atoms with Crippen molar-refractivity contribution in [1.82, 2.24) is 14.9 Å². The van der Waals surface area contributed by atoms with E-state index in [1.807, 2.05) is 30.0 Å². The Morgan fingerprint density at radius 2 is 1.69 bits per heavy atom. The molecular formula is C29H35FN4O. The van der Waals surface area contributed by atoms with Gasteiger partial charge in [-0.15, -0.1) is 0 Å². The predicted molar refractivity (Wildman–Crippen MR) is 139 cm³/mol. The number of hydrogen-bond donors (Lipinski definition) is 0. The summed E-state index contributed by atoms with van der Waals surface area (Å²) in [6, 6.07) is 14.7. The lowest BCUT2D eigenvalue weighted by atomic mass is 9.86. The molecule has 2 aromatic carbocycles. The lowest BCUT2D eigenvalue weighted by Gasteiger charge is -2.36. The Kier molecular flexibility index (Phi) is 7.20. The molecule has 0 N–H and O–H groups in total. The second-order valence-corrected chi connectivity index (χ2v) is 10.3. The Hall–Kier alpha value is -3.28. The molecule has 184 valence electrons. The molecule has 0 bridgehead atoms. The van der Waals surface area contributed by atoms with Crippen LogP contribution in [0.25, 0.3) is 0 Å². The van der Waals surface area contributed by atoms with E-state index in [9.17, 15) is 9.18 Å². The molecule has 35 heavy (non-hydrogen) atoms. The van der Waals surface area contributed by atoms with Gasteiger partial charge in [0.05, 0.1) is 0 Å². The van der Waals surface area contributed by atoms with Gasteiger partial charge in [0.15, 0.2) is 0 Å². The molecule has 0 spiro atoms. The molecule has 1 aromatic heterocycles. The number of halogens is 1. The van der Waals surface area contributed by atoms with E-state index in [0.717, 1.165) is 40.4 Å². The minimum Gasteiger partial charge on any atom is -0.353 e. The molecule has 1 fully saturated rings. The minimum atomic E-state index is -0.238. The van der Waals surface area contributed by atoms with E-state index in [4.69, 9.17) is 4.98 Å². The molecule has 1 saturated heterocycles. The standard InChI is InChI=1S/C29H35FN4O/c1-6-26-25(19-21-8-7-9-24(30)18-21)27(32-20(2)31-26)33-14-16-34(17-15-33)28(35)22-10-12-23(13-11-22)29(3,4)5/h7-13,18H,6,14-17,19H2,1-5H3. The van der Waals surface area contributed by atoms with Crippen LogP contribution in [-0.4, -0.2) is 47.0 Å². The fourth-order valence-corrected chi connectivity index (χ4v) is 4.64. The van der Waals surface area contributed by atoms with Crippen LogP contribution in [0.5, 0.6) is 0 Å². The van der Waals surface area contributed by atoms with Crippen molar-refractivity contribution in [3.05, 3.63) is 88.1 Å². The van der Waals surface area contributed by atoms with Gasteiger partial charge in [0.1, 0.15) is 17.5 Å². The van der Waals surface area contributed by atoms with Gasteiger partial charge in [0, 0.05) is 49.4 Å². The number of carbonyl (C=O) groups is 1. The number of aromatic nitrogens is 2. The number of aryl methyl sites for hydroxylation is 2. The monoisotopic (exact) mass is 474 g/mol. The van der Waals surface area contributed by atoms with Crippen LogP contribution in [0, 0.1) is 12.7 Å². The average molecular weight is 475 g/mol. The summed E-state index contributed by atoms with van der Waals surface area (Å²) in [5, 5.41) is 0. The lowest BCUT2D eigenvalue weighted by Crippen LogP contribution is -2.49. The Morgan fingerprint density at radius 1 is 1.00 bits per heavy atom. The van der Waals surface area contributed by atoms with Gasteiger partial charge in [-0.25, -0.2) is 14.4 Å². The number of piperazine rings is 1. The average Bonchev–Trinajstić information content (AvgIpc) is 2.84. The van der Waals surface area contributed by atoms with Crippen molar-refractivity contribution in [2.45, 2.75) is 52.9 Å². The molecule has 5 nitrogen and oxygen atoms in total. The van der Waals surface area contributed by atoms with Crippen molar-refractivity contribution in [1.29, 1.82) is 0 Å². The SMILES string of the molecule is CCc1nc(C)nc(N2CCN(C(=O)c3ccc(C(C)(C)C)cc3)CC2)c1Cc1cccc(F)c1. The zero-order valence-electron chi connectivity index (χ0n) is 21.4. The van der Waals surface area contributed by atoms with Crippen LogP contribution in [0.4, 0.5) is 10.2 Å². The summed E-state index contributed by atoms with van der Waals surface area (Å²) < 4.78 is 13.8. The predicted octanol–water partition coefficient (Wildman–Crippen LogP) is 5.34. The van der Waals surface area contributed by atoms with E-state index in [1.54, 1.807) is 12.1 Å². The smallest absolute Gasteiger partial charge is 0.253 e. The van der Waals surface area contributed by atoms with Crippen LogP contribution in [0.1, 0.15) is 66.3 Å². The van der Waals surface area contributed by atoms with Crippen LogP contribution in [-0.2, 0) is 18.3 Å². The van der Waals surface area contributed by atoms with Gasteiger partial charge in [-0.2, -0.15) is 0 Å². The molecule has 0 atom stereocenters. The maximum absolute atomic E-state index is 13.8. The van der Waals surface area contributed by atoms with Gasteiger partial charge >= 0.3 is 0 Å². The number of hydrogen-bond acceptors (Lipinski definition) is 4. The van der Waals surface area contributed by atoms with Crippen molar-refractivity contribution < 1.29 is 9.18 Å². The van der Waals surface area contributed by atoms with Crippen molar-refractivity contribution in [2.75, 3.05) is 31.1 Å². The van der Waals surface area contributed by atoms with Crippen molar-refractivity contribution in [3.8, 4) is 0 Å². The van der Waals surface area contributed by atoms with Gasteiger partial charge in [-0.05, 0) is 54.2 Å². The molecule has 2 heterocycles. The Labute approximate surface area is 208 Å². The lowest BCUT2D eigenvalue weighted by molar-refractivity contribution is 0.0746. The second-order valence-electron chi connectivity index (χ2n) is 10.3. The van der Waals surface area contributed by atoms with E-state index in [2.05, 4.69) is 49.7 Å². The Morgan fingerprint density at radius 3 is 2.29 bits per heavy atom. The zero-order chi connectivity index (χ0) is 25.2. The summed E-state index contributed by atoms with van der Waals surface area (Å²) in [6.07, 6.45) is 1.36. The molecule has 0 aliphatic carbocycles. The summed E-state index contributed by atoms with van der Waals surface area (Å²) in [4.78, 5) is 26.8. The first kappa shape index (κ1) is 24.8. The maximum atomic E-state index is 13.8. The van der Waals surface area contributed by atoms with Crippen LogP contribution < -0.4 is 4.90 Å². The van der Waals surface area contributed by atoms with Crippen molar-refractivity contribution in [2.24, 2.45) is 0 Å². The summed E-state index contributed by atoms with van der Waals surface area (Å²) in [7, 11) is 0. The molecule has 1 aliphatic rings. The highest BCUT2D eigenvalue weighted by Gasteiger charge is 2.26. The molecular weight excluding hydrogens is 439 g/mol. The molecule has 3 aromatic rings. The highest BCUT2D eigenvalue weighted by molar-refractivity contribution is 5.94. The van der Waals surface area contributed by atoms with Gasteiger partial charge in [-0.3, -0.25) is 4.79 Å². The number of rotatable bonds is 5. The molecule has 1 aliphatic heterocycles. The normalized spacial score (nSPS) is 14.3. The van der Waals surface area contributed by atoms with E-state index in [-0.39, 0.29) is 17.1 Å². The number of carbonyl (C=O) groups excluding carboxylic acids is 1. The van der Waals surface area contributed by atoms with Crippen LogP contribution in [0.3, 0.4) is 0 Å². The van der Waals surface area contributed by atoms with Gasteiger partial charge in [-0.1, -0.05) is 52.0 Å². The third-order valence-corrected chi connectivity index (χ3v) is 6.65. The zero-order valence-corrected chi connectivity index (χ0v) is 21.4. The van der Waals surface area contributed by atoms with Crippen LogP contribution in [0.15, 0.2) is 48.5 Å². The number of nitrogens with zero attached hydrogens (tertiary/aromatic N) is 4. The molecule has 4 rings (SSSR count). The van der Waals surface area contributed by atoms with Gasteiger partial charge in [0.25, 0.3) is 5.91 Å². The molecule has 0 radical (unpaired) electrons. The third-order valence-electron chi connectivity index (χ3n) is 6.65. The largest absolute Gasteiger partial charge is 0.353 e. The first-order chi connectivity index (χ1) is 16.7. The summed E-state index contributed by atoms with van der Waals surface area (Å²) in [6.45, 7) is 13.2. The quantitative estimate of drug-likeness (QED) is 0.501. The maximum Gasteiger partial charge on any atom is 0.253 e. The van der Waals surface area contributed by atoms with E-state index in [1.165, 1.54) is 11.6 Å². The summed E-state index contributed by atoms with van der Waals surface area (Å²) >= 11 is 0. The first-order valence-corrected chi connectivity index (χ1v) is 12.4. The number of amides is 1. The molecule has 6 heteroatoms.